The quantitative estimate of drug-likeness (QED) is 0.682. The average molecular weight is 223 g/mol. The van der Waals surface area contributed by atoms with Crippen molar-refractivity contribution in [2.24, 2.45) is 5.92 Å². The van der Waals surface area contributed by atoms with E-state index in [4.69, 9.17) is 4.74 Å². The first-order valence-corrected chi connectivity index (χ1v) is 7.13. The van der Waals surface area contributed by atoms with Gasteiger partial charge in [-0.05, 0) is 38.0 Å². The van der Waals surface area contributed by atoms with Gasteiger partial charge in [-0.25, -0.2) is 0 Å². The van der Waals surface area contributed by atoms with Crippen LogP contribution in [0, 0.1) is 5.92 Å². The standard InChI is InChI=1S/C14H25NO/c1-12-5-8-14(9-12)11-15-10-13(16-14)6-3-2-4-7-13/h12,15H,2-11H2,1H3. The summed E-state index contributed by atoms with van der Waals surface area (Å²) in [5.41, 5.74) is 0.412. The van der Waals surface area contributed by atoms with Crippen molar-refractivity contribution in [1.29, 1.82) is 0 Å². The highest BCUT2D eigenvalue weighted by Crippen LogP contribution is 2.45. The van der Waals surface area contributed by atoms with Crippen molar-refractivity contribution in [2.45, 2.75) is 69.5 Å². The molecule has 1 heterocycles. The topological polar surface area (TPSA) is 21.3 Å². The van der Waals surface area contributed by atoms with Crippen LogP contribution in [0.4, 0.5) is 0 Å². The summed E-state index contributed by atoms with van der Waals surface area (Å²) in [6, 6.07) is 0. The van der Waals surface area contributed by atoms with Crippen LogP contribution in [0.15, 0.2) is 0 Å². The van der Waals surface area contributed by atoms with Gasteiger partial charge < -0.3 is 10.1 Å². The Morgan fingerprint density at radius 2 is 1.75 bits per heavy atom. The van der Waals surface area contributed by atoms with E-state index in [1.165, 1.54) is 51.4 Å². The molecule has 2 nitrogen and oxygen atoms in total. The van der Waals surface area contributed by atoms with E-state index in [2.05, 4.69) is 12.2 Å². The van der Waals surface area contributed by atoms with E-state index in [-0.39, 0.29) is 11.2 Å². The highest BCUT2D eigenvalue weighted by atomic mass is 16.5. The van der Waals surface area contributed by atoms with Crippen LogP contribution in [0.5, 0.6) is 0 Å². The van der Waals surface area contributed by atoms with Crippen molar-refractivity contribution in [3.05, 3.63) is 0 Å². The molecular weight excluding hydrogens is 198 g/mol. The Morgan fingerprint density at radius 1 is 1.00 bits per heavy atom. The minimum Gasteiger partial charge on any atom is -0.366 e. The maximum absolute atomic E-state index is 6.67. The largest absolute Gasteiger partial charge is 0.366 e. The smallest absolute Gasteiger partial charge is 0.0817 e. The molecule has 3 aliphatic rings. The number of hydrogen-bond acceptors (Lipinski definition) is 2. The lowest BCUT2D eigenvalue weighted by molar-refractivity contribution is -0.189. The second-order valence-electron chi connectivity index (χ2n) is 6.48. The van der Waals surface area contributed by atoms with Gasteiger partial charge in [-0.15, -0.1) is 0 Å². The molecule has 0 radical (unpaired) electrons. The summed E-state index contributed by atoms with van der Waals surface area (Å²) in [7, 11) is 0. The van der Waals surface area contributed by atoms with Crippen molar-refractivity contribution in [3.8, 4) is 0 Å². The predicted octanol–water partition coefficient (Wildman–Crippen LogP) is 2.87. The van der Waals surface area contributed by atoms with Gasteiger partial charge in [-0.3, -0.25) is 0 Å². The maximum Gasteiger partial charge on any atom is 0.0817 e. The van der Waals surface area contributed by atoms with Gasteiger partial charge in [0.15, 0.2) is 0 Å². The van der Waals surface area contributed by atoms with Crippen molar-refractivity contribution in [3.63, 3.8) is 0 Å². The van der Waals surface area contributed by atoms with Crippen LogP contribution < -0.4 is 5.32 Å². The molecule has 0 aromatic heterocycles. The minimum absolute atomic E-state index is 0.203. The van der Waals surface area contributed by atoms with Crippen LogP contribution >= 0.6 is 0 Å². The van der Waals surface area contributed by atoms with E-state index in [0.29, 0.717) is 0 Å². The van der Waals surface area contributed by atoms with E-state index in [0.717, 1.165) is 19.0 Å². The number of ether oxygens (including phenoxy) is 1. The third-order valence-electron chi connectivity index (χ3n) is 4.91. The van der Waals surface area contributed by atoms with Crippen LogP contribution in [0.25, 0.3) is 0 Å². The van der Waals surface area contributed by atoms with Crippen molar-refractivity contribution in [1.82, 2.24) is 5.32 Å². The predicted molar refractivity (Wildman–Crippen MR) is 65.5 cm³/mol. The Morgan fingerprint density at radius 3 is 2.44 bits per heavy atom. The van der Waals surface area contributed by atoms with Gasteiger partial charge in [-0.1, -0.05) is 26.2 Å². The van der Waals surface area contributed by atoms with Gasteiger partial charge >= 0.3 is 0 Å². The molecule has 0 amide bonds. The Hall–Kier alpha value is -0.0800. The van der Waals surface area contributed by atoms with Crippen LogP contribution in [0.2, 0.25) is 0 Å². The summed E-state index contributed by atoms with van der Waals surface area (Å²) in [5.74, 6) is 0.862. The summed E-state index contributed by atoms with van der Waals surface area (Å²) in [6.45, 7) is 4.57. The Balaban J connectivity index is 1.73. The summed E-state index contributed by atoms with van der Waals surface area (Å²) >= 11 is 0. The molecule has 16 heavy (non-hydrogen) atoms. The first kappa shape index (κ1) is 11.0. The number of rotatable bonds is 0. The van der Waals surface area contributed by atoms with Crippen LogP contribution in [-0.4, -0.2) is 24.3 Å². The van der Waals surface area contributed by atoms with Gasteiger partial charge in [0.2, 0.25) is 0 Å². The first-order chi connectivity index (χ1) is 7.72. The highest BCUT2D eigenvalue weighted by molar-refractivity contribution is 5.01. The maximum atomic E-state index is 6.67. The van der Waals surface area contributed by atoms with E-state index in [1.807, 2.05) is 0 Å². The number of nitrogens with one attached hydrogen (secondary N) is 1. The molecule has 2 aliphatic carbocycles. The Labute approximate surface area is 99.1 Å². The molecule has 0 bridgehead atoms. The van der Waals surface area contributed by atoms with Crippen LogP contribution in [0.3, 0.4) is 0 Å². The normalized spacial score (nSPS) is 42.9. The number of hydrogen-bond donors (Lipinski definition) is 1. The molecule has 2 heteroatoms. The molecule has 1 saturated heterocycles. The second kappa shape index (κ2) is 3.99. The fourth-order valence-electron chi connectivity index (χ4n) is 4.13. The van der Waals surface area contributed by atoms with E-state index >= 15 is 0 Å². The first-order valence-electron chi connectivity index (χ1n) is 7.13. The molecule has 0 aromatic carbocycles. The van der Waals surface area contributed by atoms with Crippen molar-refractivity contribution in [2.75, 3.05) is 13.1 Å². The lowest BCUT2D eigenvalue weighted by Crippen LogP contribution is -2.60. The fraction of sp³-hybridized carbons (Fsp3) is 1.00. The molecule has 3 fully saturated rings. The van der Waals surface area contributed by atoms with E-state index < -0.39 is 0 Å². The molecule has 92 valence electrons. The molecule has 2 spiro atoms. The third-order valence-corrected chi connectivity index (χ3v) is 4.91. The highest BCUT2D eigenvalue weighted by Gasteiger charge is 2.48. The average Bonchev–Trinajstić information content (AvgIpc) is 2.60. The van der Waals surface area contributed by atoms with Gasteiger partial charge in [0.05, 0.1) is 11.2 Å². The van der Waals surface area contributed by atoms with Gasteiger partial charge in [0.1, 0.15) is 0 Å². The molecule has 2 saturated carbocycles. The molecule has 3 rings (SSSR count). The summed E-state index contributed by atoms with van der Waals surface area (Å²) in [6.07, 6.45) is 10.6. The van der Waals surface area contributed by atoms with Crippen LogP contribution in [0.1, 0.15) is 58.3 Å². The Kier molecular flexibility index (Phi) is 2.75. The second-order valence-corrected chi connectivity index (χ2v) is 6.48. The monoisotopic (exact) mass is 223 g/mol. The lowest BCUT2D eigenvalue weighted by Gasteiger charge is -2.49. The fourth-order valence-corrected chi connectivity index (χ4v) is 4.13. The summed E-state index contributed by atoms with van der Waals surface area (Å²) < 4.78 is 6.67. The third kappa shape index (κ3) is 1.91. The summed E-state index contributed by atoms with van der Waals surface area (Å²) in [4.78, 5) is 0. The minimum atomic E-state index is 0.203. The van der Waals surface area contributed by atoms with Crippen LogP contribution in [-0.2, 0) is 4.74 Å². The van der Waals surface area contributed by atoms with E-state index in [9.17, 15) is 0 Å². The molecule has 1 aliphatic heterocycles. The summed E-state index contributed by atoms with van der Waals surface area (Å²) in [5, 5.41) is 3.67. The molecular formula is C14H25NO. The van der Waals surface area contributed by atoms with Crippen molar-refractivity contribution >= 4 is 0 Å². The molecule has 2 atom stereocenters. The van der Waals surface area contributed by atoms with Gasteiger partial charge in [0.25, 0.3) is 0 Å². The van der Waals surface area contributed by atoms with Gasteiger partial charge in [0, 0.05) is 13.1 Å². The molecule has 0 aromatic rings. The number of morpholine rings is 1. The zero-order valence-corrected chi connectivity index (χ0v) is 10.6. The van der Waals surface area contributed by atoms with E-state index in [1.54, 1.807) is 0 Å². The Bertz CT molecular complexity index is 240. The zero-order chi connectivity index (χ0) is 11.1. The molecule has 1 N–H and O–H groups in total. The molecule has 2 unspecified atom stereocenters. The lowest BCUT2D eigenvalue weighted by atomic mass is 9.81. The van der Waals surface area contributed by atoms with Gasteiger partial charge in [-0.2, -0.15) is 0 Å². The zero-order valence-electron chi connectivity index (χ0n) is 10.6. The van der Waals surface area contributed by atoms with Crippen molar-refractivity contribution < 1.29 is 4.74 Å². The SMILES string of the molecule is CC1CCC2(CNCC3(CCCCC3)O2)C1.